The van der Waals surface area contributed by atoms with E-state index in [9.17, 15) is 4.79 Å². The van der Waals surface area contributed by atoms with Gasteiger partial charge in [0.1, 0.15) is 0 Å². The second-order valence-corrected chi connectivity index (χ2v) is 4.58. The van der Waals surface area contributed by atoms with Gasteiger partial charge < -0.3 is 5.32 Å². The van der Waals surface area contributed by atoms with Crippen molar-refractivity contribution in [3.05, 3.63) is 0 Å². The van der Waals surface area contributed by atoms with Crippen LogP contribution in [0.2, 0.25) is 0 Å². The summed E-state index contributed by atoms with van der Waals surface area (Å²) >= 11 is 1.54. The molecule has 4 nitrogen and oxygen atoms in total. The molecule has 0 saturated carbocycles. The Morgan fingerprint density at radius 2 is 2.27 bits per heavy atom. The normalized spacial score (nSPS) is 18.4. The predicted octanol–water partition coefficient (Wildman–Crippen LogP) is 0.454. The fraction of sp³-hybridized carbons (Fsp3) is 0.800. The molecule has 0 unspecified atom stereocenters. The third-order valence-corrected chi connectivity index (χ3v) is 3.07. The fourth-order valence-electron chi connectivity index (χ4n) is 1.74. The van der Waals surface area contributed by atoms with Crippen molar-refractivity contribution in [2.75, 3.05) is 31.6 Å². The lowest BCUT2D eigenvalue weighted by molar-refractivity contribution is -0.119. The summed E-state index contributed by atoms with van der Waals surface area (Å²) in [6.07, 6.45) is 3.85. The van der Waals surface area contributed by atoms with Gasteiger partial charge in [0.05, 0.1) is 18.4 Å². The molecule has 0 radical (unpaired) electrons. The van der Waals surface area contributed by atoms with Crippen molar-refractivity contribution in [1.29, 1.82) is 5.26 Å². The number of likely N-dealkylation sites (tertiary alicyclic amines) is 1. The van der Waals surface area contributed by atoms with Crippen LogP contribution in [0.15, 0.2) is 0 Å². The maximum absolute atomic E-state index is 11.3. The van der Waals surface area contributed by atoms with E-state index in [0.29, 0.717) is 18.3 Å². The van der Waals surface area contributed by atoms with Crippen molar-refractivity contribution in [2.24, 2.45) is 0 Å². The second-order valence-electron chi connectivity index (χ2n) is 3.71. The van der Waals surface area contributed by atoms with Crippen LogP contribution < -0.4 is 5.32 Å². The van der Waals surface area contributed by atoms with Crippen LogP contribution in [-0.4, -0.2) is 48.5 Å². The number of nitrogens with zero attached hydrogens (tertiary/aromatic N) is 2. The predicted molar refractivity (Wildman–Crippen MR) is 61.6 cm³/mol. The number of nitriles is 1. The van der Waals surface area contributed by atoms with Crippen LogP contribution in [0.5, 0.6) is 0 Å². The van der Waals surface area contributed by atoms with E-state index in [0.717, 1.165) is 25.9 Å². The van der Waals surface area contributed by atoms with Crippen molar-refractivity contribution in [2.45, 2.75) is 18.9 Å². The number of hydrogen-bond acceptors (Lipinski definition) is 4. The molecule has 0 aromatic heterocycles. The van der Waals surface area contributed by atoms with Gasteiger partial charge in [0.2, 0.25) is 5.91 Å². The van der Waals surface area contributed by atoms with Crippen molar-refractivity contribution >= 4 is 17.7 Å². The highest BCUT2D eigenvalue weighted by Crippen LogP contribution is 2.09. The Kier molecular flexibility index (Phi) is 5.51. The van der Waals surface area contributed by atoms with Crippen molar-refractivity contribution in [1.82, 2.24) is 10.2 Å². The molecule has 1 fully saturated rings. The number of nitrogens with one attached hydrogen (secondary N) is 1. The number of carbonyl (C=O) groups excluding carboxylic acids is 1. The molecule has 0 atom stereocenters. The van der Waals surface area contributed by atoms with E-state index >= 15 is 0 Å². The van der Waals surface area contributed by atoms with Crippen LogP contribution in [0.3, 0.4) is 0 Å². The Labute approximate surface area is 95.0 Å². The van der Waals surface area contributed by atoms with E-state index in [1.54, 1.807) is 11.8 Å². The first kappa shape index (κ1) is 12.3. The standard InChI is InChI=1S/C10H17N3OS/c1-15-8-10(14)12-9-2-5-13(6-3-9)7-4-11/h9H,2-3,5-8H2,1H3,(H,12,14). The second kappa shape index (κ2) is 6.70. The average Bonchev–Trinajstić information content (AvgIpc) is 2.22. The van der Waals surface area contributed by atoms with Crippen LogP contribution >= 0.6 is 11.8 Å². The lowest BCUT2D eigenvalue weighted by Crippen LogP contribution is -2.45. The van der Waals surface area contributed by atoms with Gasteiger partial charge in [-0.2, -0.15) is 17.0 Å². The SMILES string of the molecule is CSCC(=O)NC1CCN(CC#N)CC1. The Balaban J connectivity index is 2.20. The summed E-state index contributed by atoms with van der Waals surface area (Å²) in [6.45, 7) is 2.33. The first-order valence-corrected chi connectivity index (χ1v) is 6.53. The van der Waals surface area contributed by atoms with E-state index in [1.165, 1.54) is 0 Å². The maximum atomic E-state index is 11.3. The highest BCUT2D eigenvalue weighted by atomic mass is 32.2. The minimum Gasteiger partial charge on any atom is -0.353 e. The molecule has 1 heterocycles. The smallest absolute Gasteiger partial charge is 0.230 e. The molecule has 5 heteroatoms. The Bertz CT molecular complexity index is 244. The van der Waals surface area contributed by atoms with Gasteiger partial charge in [-0.3, -0.25) is 9.69 Å². The molecular weight excluding hydrogens is 210 g/mol. The largest absolute Gasteiger partial charge is 0.353 e. The molecule has 1 aliphatic heterocycles. The van der Waals surface area contributed by atoms with Gasteiger partial charge in [-0.05, 0) is 19.1 Å². The molecule has 1 aliphatic rings. The van der Waals surface area contributed by atoms with Crippen LogP contribution in [-0.2, 0) is 4.79 Å². The van der Waals surface area contributed by atoms with E-state index in [4.69, 9.17) is 5.26 Å². The van der Waals surface area contributed by atoms with Gasteiger partial charge in [0.15, 0.2) is 0 Å². The van der Waals surface area contributed by atoms with E-state index < -0.39 is 0 Å². The zero-order valence-corrected chi connectivity index (χ0v) is 9.85. The zero-order chi connectivity index (χ0) is 11.1. The molecule has 0 spiro atoms. The summed E-state index contributed by atoms with van der Waals surface area (Å²) in [5, 5.41) is 11.5. The molecule has 1 rings (SSSR count). The third-order valence-electron chi connectivity index (χ3n) is 2.52. The van der Waals surface area contributed by atoms with Crippen LogP contribution in [0.1, 0.15) is 12.8 Å². The van der Waals surface area contributed by atoms with E-state index in [1.807, 2.05) is 6.26 Å². The first-order chi connectivity index (χ1) is 7.26. The minimum atomic E-state index is 0.126. The van der Waals surface area contributed by atoms with Crippen molar-refractivity contribution < 1.29 is 4.79 Å². The lowest BCUT2D eigenvalue weighted by atomic mass is 10.1. The zero-order valence-electron chi connectivity index (χ0n) is 9.03. The molecule has 0 aromatic rings. The number of hydrogen-bond donors (Lipinski definition) is 1. The quantitative estimate of drug-likeness (QED) is 0.709. The summed E-state index contributed by atoms with van der Waals surface area (Å²) in [5.41, 5.74) is 0. The van der Waals surface area contributed by atoms with Crippen LogP contribution in [0.25, 0.3) is 0 Å². The van der Waals surface area contributed by atoms with E-state index in [-0.39, 0.29) is 5.91 Å². The van der Waals surface area contributed by atoms with Gasteiger partial charge in [-0.1, -0.05) is 0 Å². The van der Waals surface area contributed by atoms with Gasteiger partial charge >= 0.3 is 0 Å². The highest BCUT2D eigenvalue weighted by molar-refractivity contribution is 7.99. The van der Waals surface area contributed by atoms with Gasteiger partial charge in [-0.15, -0.1) is 0 Å². The molecule has 1 N–H and O–H groups in total. The molecule has 1 saturated heterocycles. The summed E-state index contributed by atoms with van der Waals surface area (Å²) in [5.74, 6) is 0.666. The summed E-state index contributed by atoms with van der Waals surface area (Å²) in [4.78, 5) is 13.4. The minimum absolute atomic E-state index is 0.126. The van der Waals surface area contributed by atoms with E-state index in [2.05, 4.69) is 16.3 Å². The molecule has 0 aromatic carbocycles. The Morgan fingerprint density at radius 3 is 2.80 bits per heavy atom. The summed E-state index contributed by atoms with van der Waals surface area (Å²) in [6, 6.07) is 2.45. The average molecular weight is 227 g/mol. The number of thioether (sulfide) groups is 1. The maximum Gasteiger partial charge on any atom is 0.230 e. The number of amides is 1. The number of rotatable bonds is 4. The first-order valence-electron chi connectivity index (χ1n) is 5.14. The Hall–Kier alpha value is -0.730. The Morgan fingerprint density at radius 1 is 1.60 bits per heavy atom. The van der Waals surface area contributed by atoms with Gasteiger partial charge in [0, 0.05) is 19.1 Å². The monoisotopic (exact) mass is 227 g/mol. The van der Waals surface area contributed by atoms with Crippen LogP contribution in [0.4, 0.5) is 0 Å². The molecule has 1 amide bonds. The van der Waals surface area contributed by atoms with Gasteiger partial charge in [-0.25, -0.2) is 0 Å². The molecule has 84 valence electrons. The number of carbonyl (C=O) groups is 1. The molecular formula is C10H17N3OS. The third kappa shape index (κ3) is 4.54. The molecule has 0 aliphatic carbocycles. The fourth-order valence-corrected chi connectivity index (χ4v) is 2.08. The summed E-state index contributed by atoms with van der Waals surface area (Å²) in [7, 11) is 0. The van der Waals surface area contributed by atoms with Crippen molar-refractivity contribution in [3.63, 3.8) is 0 Å². The van der Waals surface area contributed by atoms with Crippen molar-refractivity contribution in [3.8, 4) is 6.07 Å². The molecule has 15 heavy (non-hydrogen) atoms. The summed E-state index contributed by atoms with van der Waals surface area (Å²) < 4.78 is 0. The topological polar surface area (TPSA) is 56.1 Å². The highest BCUT2D eigenvalue weighted by Gasteiger charge is 2.19. The molecule has 0 bridgehead atoms. The van der Waals surface area contributed by atoms with Gasteiger partial charge in [0.25, 0.3) is 0 Å². The van der Waals surface area contributed by atoms with Crippen LogP contribution in [0, 0.1) is 11.3 Å². The number of piperidine rings is 1. The lowest BCUT2D eigenvalue weighted by Gasteiger charge is -2.30.